The van der Waals surface area contributed by atoms with Crippen LogP contribution in [0.4, 0.5) is 22.0 Å². The molecule has 0 saturated carbocycles. The fraction of sp³-hybridized carbons (Fsp3) is 0.211. The number of imidazole rings is 1. The van der Waals surface area contributed by atoms with Crippen molar-refractivity contribution < 1.29 is 9.13 Å². The Bertz CT molecular complexity index is 1180. The number of hydrogen-bond acceptors (Lipinski definition) is 8. The summed E-state index contributed by atoms with van der Waals surface area (Å²) in [4.78, 5) is 21.3. The molecule has 1 unspecified atom stereocenters. The van der Waals surface area contributed by atoms with Gasteiger partial charge in [-0.2, -0.15) is 4.98 Å². The molecule has 10 heteroatoms. The number of anilines is 3. The Hall–Kier alpha value is -3.82. The Morgan fingerprint density at radius 2 is 1.93 bits per heavy atom. The molecule has 4 rings (SSSR count). The van der Waals surface area contributed by atoms with Crippen LogP contribution < -0.4 is 15.8 Å². The number of ether oxygens (including phenoxy) is 1. The topological polar surface area (TPSA) is 117 Å². The van der Waals surface area contributed by atoms with Gasteiger partial charge in [-0.3, -0.25) is 0 Å². The molecule has 0 fully saturated rings. The molecule has 0 aliphatic heterocycles. The lowest BCUT2D eigenvalue weighted by molar-refractivity contribution is 0.414. The van der Waals surface area contributed by atoms with Gasteiger partial charge in [-0.1, -0.05) is 6.92 Å². The van der Waals surface area contributed by atoms with E-state index in [1.54, 1.807) is 19.5 Å². The Balaban J connectivity index is 1.92. The summed E-state index contributed by atoms with van der Waals surface area (Å²) in [6, 6.07) is 3.64. The molecular weight excluding hydrogens is 375 g/mol. The molecule has 148 valence electrons. The van der Waals surface area contributed by atoms with Gasteiger partial charge in [0.1, 0.15) is 23.2 Å². The summed E-state index contributed by atoms with van der Waals surface area (Å²) in [5.41, 5.74) is 7.34. The molecule has 9 nitrogen and oxygen atoms in total. The van der Waals surface area contributed by atoms with E-state index in [1.807, 2.05) is 30.8 Å². The van der Waals surface area contributed by atoms with E-state index in [0.717, 1.165) is 23.3 Å². The van der Waals surface area contributed by atoms with Crippen molar-refractivity contribution in [1.82, 2.24) is 29.5 Å². The smallest absolute Gasteiger partial charge is 0.222 e. The summed E-state index contributed by atoms with van der Waals surface area (Å²) in [5, 5.41) is 3.93. The highest BCUT2D eigenvalue weighted by atomic mass is 19.1. The van der Waals surface area contributed by atoms with Crippen LogP contribution in [0, 0.1) is 5.82 Å². The molecular formula is C19H19FN8O. The van der Waals surface area contributed by atoms with E-state index < -0.39 is 5.82 Å². The monoisotopic (exact) mass is 394 g/mol. The standard InChI is InChI=1S/C19H19FN8O/c1-10(17-22-6-11(20)7-23-17)13-4-12(29-3)5-14-16(13)18(27-19(21)25-14)26-15-8-28(2)9-24-15/h4-10H,1-3H3,(H3,21,25,26,27). The van der Waals surface area contributed by atoms with E-state index in [4.69, 9.17) is 10.5 Å². The van der Waals surface area contributed by atoms with Crippen LogP contribution in [-0.2, 0) is 7.05 Å². The summed E-state index contributed by atoms with van der Waals surface area (Å²) in [7, 11) is 3.44. The van der Waals surface area contributed by atoms with E-state index in [9.17, 15) is 4.39 Å². The second kappa shape index (κ2) is 7.30. The minimum Gasteiger partial charge on any atom is -0.497 e. The lowest BCUT2D eigenvalue weighted by Gasteiger charge is -2.17. The first-order chi connectivity index (χ1) is 13.9. The number of nitrogens with two attached hydrogens (primary N) is 1. The van der Waals surface area contributed by atoms with Crippen molar-refractivity contribution in [2.75, 3.05) is 18.2 Å². The zero-order valence-corrected chi connectivity index (χ0v) is 16.1. The Morgan fingerprint density at radius 1 is 1.17 bits per heavy atom. The van der Waals surface area contributed by atoms with Gasteiger partial charge in [0, 0.05) is 30.6 Å². The molecule has 0 saturated heterocycles. The second-order valence-corrected chi connectivity index (χ2v) is 6.57. The zero-order chi connectivity index (χ0) is 20.5. The van der Waals surface area contributed by atoms with Crippen molar-refractivity contribution >= 4 is 28.5 Å². The number of nitrogens with zero attached hydrogens (tertiary/aromatic N) is 6. The third kappa shape index (κ3) is 3.64. The van der Waals surface area contributed by atoms with Gasteiger partial charge in [0.15, 0.2) is 5.82 Å². The predicted molar refractivity (Wildman–Crippen MR) is 107 cm³/mol. The van der Waals surface area contributed by atoms with Crippen molar-refractivity contribution in [3.8, 4) is 5.75 Å². The molecule has 0 amide bonds. The van der Waals surface area contributed by atoms with Crippen molar-refractivity contribution in [2.45, 2.75) is 12.8 Å². The average molecular weight is 394 g/mol. The molecule has 3 heterocycles. The third-order valence-corrected chi connectivity index (χ3v) is 4.50. The summed E-state index contributed by atoms with van der Waals surface area (Å²) < 4.78 is 20.5. The van der Waals surface area contributed by atoms with Gasteiger partial charge in [-0.25, -0.2) is 24.3 Å². The largest absolute Gasteiger partial charge is 0.497 e. The lowest BCUT2D eigenvalue weighted by Crippen LogP contribution is -2.08. The zero-order valence-electron chi connectivity index (χ0n) is 16.1. The van der Waals surface area contributed by atoms with Crippen molar-refractivity contribution in [3.63, 3.8) is 0 Å². The molecule has 0 aliphatic carbocycles. The van der Waals surface area contributed by atoms with Crippen LogP contribution in [-0.4, -0.2) is 36.6 Å². The number of nitrogens with one attached hydrogen (secondary N) is 1. The van der Waals surface area contributed by atoms with Crippen LogP contribution in [0.15, 0.2) is 37.1 Å². The highest BCUT2D eigenvalue weighted by Gasteiger charge is 2.21. The van der Waals surface area contributed by atoms with Gasteiger partial charge < -0.3 is 20.4 Å². The van der Waals surface area contributed by atoms with Gasteiger partial charge >= 0.3 is 0 Å². The number of hydrogen-bond donors (Lipinski definition) is 2. The first-order valence-corrected chi connectivity index (χ1v) is 8.82. The SMILES string of the molecule is COc1cc(C(C)c2ncc(F)cn2)c2c(Nc3cn(C)cn3)nc(N)nc2c1. The highest BCUT2D eigenvalue weighted by molar-refractivity contribution is 5.95. The number of methoxy groups -OCH3 is 1. The number of rotatable bonds is 5. The normalized spacial score (nSPS) is 12.1. The molecule has 1 aromatic carbocycles. The van der Waals surface area contributed by atoms with Crippen LogP contribution >= 0.6 is 0 Å². The summed E-state index contributed by atoms with van der Waals surface area (Å²) in [6.45, 7) is 1.92. The first kappa shape index (κ1) is 18.5. The van der Waals surface area contributed by atoms with Gasteiger partial charge in [0.05, 0.1) is 31.3 Å². The summed E-state index contributed by atoms with van der Waals surface area (Å²) in [5.74, 6) is 1.50. The van der Waals surface area contributed by atoms with Crippen LogP contribution in [0.2, 0.25) is 0 Å². The molecule has 3 aromatic heterocycles. The maximum atomic E-state index is 13.3. The molecule has 0 radical (unpaired) electrons. The predicted octanol–water partition coefficient (Wildman–Crippen LogP) is 2.78. The fourth-order valence-corrected chi connectivity index (χ4v) is 3.12. The number of benzene rings is 1. The molecule has 0 spiro atoms. The van der Waals surface area contributed by atoms with E-state index in [1.165, 1.54) is 0 Å². The van der Waals surface area contributed by atoms with E-state index >= 15 is 0 Å². The average Bonchev–Trinajstić information content (AvgIpc) is 3.11. The lowest BCUT2D eigenvalue weighted by atomic mass is 9.95. The van der Waals surface area contributed by atoms with E-state index in [2.05, 4.69) is 30.2 Å². The molecule has 0 aliphatic rings. The summed E-state index contributed by atoms with van der Waals surface area (Å²) in [6.07, 6.45) is 5.78. The van der Waals surface area contributed by atoms with Crippen molar-refractivity contribution in [2.24, 2.45) is 7.05 Å². The number of aryl methyl sites for hydroxylation is 1. The maximum Gasteiger partial charge on any atom is 0.222 e. The van der Waals surface area contributed by atoms with Crippen molar-refractivity contribution in [1.29, 1.82) is 0 Å². The quantitative estimate of drug-likeness (QED) is 0.531. The maximum absolute atomic E-state index is 13.3. The van der Waals surface area contributed by atoms with Crippen LogP contribution in [0.25, 0.3) is 10.9 Å². The van der Waals surface area contributed by atoms with Crippen LogP contribution in [0.5, 0.6) is 5.75 Å². The van der Waals surface area contributed by atoms with Crippen molar-refractivity contribution in [3.05, 3.63) is 54.3 Å². The molecule has 4 aromatic rings. The summed E-state index contributed by atoms with van der Waals surface area (Å²) >= 11 is 0. The van der Waals surface area contributed by atoms with Gasteiger partial charge in [0.25, 0.3) is 0 Å². The highest BCUT2D eigenvalue weighted by Crippen LogP contribution is 2.36. The van der Waals surface area contributed by atoms with Crippen LogP contribution in [0.3, 0.4) is 0 Å². The fourth-order valence-electron chi connectivity index (χ4n) is 3.12. The van der Waals surface area contributed by atoms with E-state index in [-0.39, 0.29) is 11.9 Å². The van der Waals surface area contributed by atoms with Gasteiger partial charge in [-0.05, 0) is 11.6 Å². The first-order valence-electron chi connectivity index (χ1n) is 8.82. The number of aromatic nitrogens is 6. The molecule has 1 atom stereocenters. The number of nitrogen functional groups attached to an aromatic ring is 1. The van der Waals surface area contributed by atoms with E-state index in [0.29, 0.717) is 28.7 Å². The third-order valence-electron chi connectivity index (χ3n) is 4.50. The minimum absolute atomic E-state index is 0.112. The minimum atomic E-state index is -0.495. The number of halogens is 1. The number of fused-ring (bicyclic) bond motifs is 1. The molecule has 0 bridgehead atoms. The molecule has 29 heavy (non-hydrogen) atoms. The van der Waals surface area contributed by atoms with Gasteiger partial charge in [-0.15, -0.1) is 0 Å². The Morgan fingerprint density at radius 3 is 2.59 bits per heavy atom. The second-order valence-electron chi connectivity index (χ2n) is 6.57. The van der Waals surface area contributed by atoms with Gasteiger partial charge in [0.2, 0.25) is 5.95 Å². The Kier molecular flexibility index (Phi) is 4.67. The van der Waals surface area contributed by atoms with Crippen LogP contribution in [0.1, 0.15) is 24.2 Å². The molecule has 3 N–H and O–H groups in total. The Labute approximate surface area is 165 Å².